The summed E-state index contributed by atoms with van der Waals surface area (Å²) in [6.45, 7) is 20.7. The molecule has 3 fully saturated rings. The van der Waals surface area contributed by atoms with Gasteiger partial charge in [0.25, 0.3) is 5.91 Å². The summed E-state index contributed by atoms with van der Waals surface area (Å²) in [6.07, 6.45) is 2.93. The van der Waals surface area contributed by atoms with Gasteiger partial charge in [-0.15, -0.1) is 0 Å². The molecule has 384 valence electrons. The number of nitrogens with two attached hydrogens (primary N) is 1. The summed E-state index contributed by atoms with van der Waals surface area (Å²) in [5.41, 5.74) is 10.2. The molecule has 16 heteroatoms. The number of hydrogen-bond acceptors (Lipinski definition) is 13. The monoisotopic (exact) mass is 965 g/mol. The number of aliphatic hydroxyl groups excluding tert-OH is 1. The van der Waals surface area contributed by atoms with Crippen molar-refractivity contribution in [2.75, 3.05) is 28.3 Å². The zero-order chi connectivity index (χ0) is 50.5. The van der Waals surface area contributed by atoms with E-state index in [4.69, 9.17) is 38.9 Å². The van der Waals surface area contributed by atoms with Gasteiger partial charge in [0.05, 0.1) is 6.04 Å². The maximum Gasteiger partial charge on any atom is 0.338 e. The first-order chi connectivity index (χ1) is 31.6. The topological polar surface area (TPSA) is 198 Å². The van der Waals surface area contributed by atoms with Crippen molar-refractivity contribution in [1.82, 2.24) is 15.1 Å². The van der Waals surface area contributed by atoms with Crippen molar-refractivity contribution in [3.63, 3.8) is 0 Å². The smallest absolute Gasteiger partial charge is 0.338 e. The molecule has 3 amide bonds. The standard InChI is InChI=1S/C26H38N2O6.C15H24O5.C11H14N2O.CH4/c1-25(2,3)13-12-19-20(29)21(34-26(4,5)33-19)22(32-7)23(30)27-18-14-16-10-8-9-11-17(16)15-28(6)24(18)31;1-14(2,3)8-7-9-10-11(20-15(4,5)19-9)12(17-6)13(16)18-10;1-13-7-9-5-3-2-4-8(9)6-10(12)11(13)14;/h8-13,18-22,29H,14-15H2,1-7H3,(H,27,30);7-12H,1-6H3;2-5,10H,6-7,12H2,1H3;1H4/b13-12+;8-7+;;/t18?,19-,20+,21-,22-;9-,10+,11-,12-;;/m11../s1. The molecule has 0 bridgehead atoms. The molecule has 5 heterocycles. The Bertz CT molecular complexity index is 2110. The van der Waals surface area contributed by atoms with Crippen molar-refractivity contribution >= 4 is 23.7 Å². The minimum Gasteiger partial charge on any atom is -0.454 e. The quantitative estimate of drug-likeness (QED) is 0.236. The number of rotatable bonds is 7. The lowest BCUT2D eigenvalue weighted by Gasteiger charge is -2.45. The van der Waals surface area contributed by atoms with E-state index in [2.05, 4.69) is 38.2 Å². The molecule has 4 N–H and O–H groups in total. The third-order valence-corrected chi connectivity index (χ3v) is 12.0. The third-order valence-electron chi connectivity index (χ3n) is 12.0. The number of nitrogens with zero attached hydrogens (tertiary/aromatic N) is 2. The highest BCUT2D eigenvalue weighted by Crippen LogP contribution is 2.37. The molecule has 0 aromatic heterocycles. The number of ether oxygens (including phenoxy) is 7. The Morgan fingerprint density at radius 1 is 0.754 bits per heavy atom. The van der Waals surface area contributed by atoms with Gasteiger partial charge in [0.15, 0.2) is 29.9 Å². The van der Waals surface area contributed by atoms with Crippen molar-refractivity contribution in [2.45, 2.75) is 175 Å². The van der Waals surface area contributed by atoms with Gasteiger partial charge < -0.3 is 59.1 Å². The van der Waals surface area contributed by atoms with Crippen LogP contribution in [0.25, 0.3) is 0 Å². The van der Waals surface area contributed by atoms with E-state index in [0.717, 1.165) is 11.1 Å². The van der Waals surface area contributed by atoms with Crippen molar-refractivity contribution in [3.05, 3.63) is 95.1 Å². The van der Waals surface area contributed by atoms with E-state index in [1.54, 1.807) is 43.8 Å². The number of esters is 1. The molecule has 0 spiro atoms. The van der Waals surface area contributed by atoms with Gasteiger partial charge in [-0.2, -0.15) is 0 Å². The maximum absolute atomic E-state index is 13.3. The molecule has 0 radical (unpaired) electrons. The van der Waals surface area contributed by atoms with E-state index in [1.807, 2.05) is 89.2 Å². The molecule has 3 saturated heterocycles. The van der Waals surface area contributed by atoms with Crippen LogP contribution in [-0.2, 0) is 78.3 Å². The fourth-order valence-electron chi connectivity index (χ4n) is 8.68. The lowest BCUT2D eigenvalue weighted by molar-refractivity contribution is -0.334. The van der Waals surface area contributed by atoms with Gasteiger partial charge in [0, 0.05) is 47.8 Å². The van der Waals surface area contributed by atoms with Gasteiger partial charge in [-0.1, -0.05) is 122 Å². The maximum atomic E-state index is 13.3. The van der Waals surface area contributed by atoms with Crippen LogP contribution in [0.5, 0.6) is 0 Å². The number of amides is 3. The molecule has 5 aliphatic rings. The predicted octanol–water partition coefficient (Wildman–Crippen LogP) is 5.40. The molecule has 5 aliphatic heterocycles. The molecule has 0 aliphatic carbocycles. The highest BCUT2D eigenvalue weighted by atomic mass is 16.8. The summed E-state index contributed by atoms with van der Waals surface area (Å²) in [4.78, 5) is 53.1. The van der Waals surface area contributed by atoms with Crippen LogP contribution in [-0.4, -0.2) is 139 Å². The number of hydrogen-bond donors (Lipinski definition) is 3. The van der Waals surface area contributed by atoms with Crippen LogP contribution in [0, 0.1) is 10.8 Å². The number of fused-ring (bicyclic) bond motifs is 3. The van der Waals surface area contributed by atoms with E-state index in [9.17, 15) is 24.3 Å². The van der Waals surface area contributed by atoms with Gasteiger partial charge in [0.2, 0.25) is 11.8 Å². The molecule has 2 aromatic rings. The number of benzene rings is 2. The van der Waals surface area contributed by atoms with E-state index in [1.165, 1.54) is 25.3 Å². The Kier molecular flexibility index (Phi) is 19.1. The SMILES string of the molecule is C.CN1Cc2ccccc2CC(N)C1=O.CO[C@@H](C(=O)NC1Cc2ccccc2CN(C)C1=O)[C@@H]1OC(C)(C)O[C@H](/C=C/C(C)(C)C)[C@@H]1O.CO[C@H]1C(=O)O[C@@H]2[C@H]1OC(C)(C)O[C@@H]2/C=C/C(C)(C)C. The normalized spacial score (nSPS) is 29.1. The molecular formula is C53H80N4O12. The minimum absolute atomic E-state index is 0. The van der Waals surface area contributed by atoms with Crippen LogP contribution >= 0.6 is 0 Å². The molecule has 7 rings (SSSR count). The zero-order valence-electron chi connectivity index (χ0n) is 42.4. The van der Waals surface area contributed by atoms with Crippen molar-refractivity contribution in [1.29, 1.82) is 0 Å². The van der Waals surface area contributed by atoms with Crippen molar-refractivity contribution in [2.24, 2.45) is 16.6 Å². The van der Waals surface area contributed by atoms with Crippen LogP contribution in [0.1, 0.15) is 98.9 Å². The fraction of sp³-hybridized carbons (Fsp3) is 0.623. The second-order valence-electron chi connectivity index (χ2n) is 21.3. The summed E-state index contributed by atoms with van der Waals surface area (Å²) in [6, 6.07) is 14.8. The van der Waals surface area contributed by atoms with Gasteiger partial charge >= 0.3 is 5.97 Å². The predicted molar refractivity (Wildman–Crippen MR) is 262 cm³/mol. The highest BCUT2D eigenvalue weighted by molar-refractivity contribution is 5.90. The van der Waals surface area contributed by atoms with Crippen LogP contribution in [0.4, 0.5) is 0 Å². The third kappa shape index (κ3) is 15.2. The van der Waals surface area contributed by atoms with E-state index < -0.39 is 72.2 Å². The Labute approximate surface area is 410 Å². The average Bonchev–Trinajstić information content (AvgIpc) is 3.44. The van der Waals surface area contributed by atoms with Gasteiger partial charge in [0.1, 0.15) is 36.6 Å². The molecular weight excluding hydrogens is 885 g/mol. The Morgan fingerprint density at radius 3 is 1.75 bits per heavy atom. The number of likely N-dealkylation sites (N-methyl/N-ethyl adjacent to an activating group) is 2. The zero-order valence-corrected chi connectivity index (χ0v) is 42.4. The molecule has 0 saturated carbocycles. The first kappa shape index (κ1) is 57.1. The van der Waals surface area contributed by atoms with Crippen LogP contribution in [0.2, 0.25) is 0 Å². The summed E-state index contributed by atoms with van der Waals surface area (Å²) in [5.74, 6) is -2.89. The van der Waals surface area contributed by atoms with E-state index >= 15 is 0 Å². The molecule has 2 aromatic carbocycles. The van der Waals surface area contributed by atoms with E-state index in [-0.39, 0.29) is 42.2 Å². The molecule has 16 nitrogen and oxygen atoms in total. The molecule has 2 unspecified atom stereocenters. The minimum atomic E-state index is -1.14. The summed E-state index contributed by atoms with van der Waals surface area (Å²) in [5, 5.41) is 13.9. The first-order valence-electron chi connectivity index (χ1n) is 23.4. The van der Waals surface area contributed by atoms with Crippen LogP contribution in [0.3, 0.4) is 0 Å². The number of nitrogens with one attached hydrogen (secondary N) is 1. The Hall–Kier alpha value is -4.52. The number of allylic oxidation sites excluding steroid dienone is 2. The summed E-state index contributed by atoms with van der Waals surface area (Å²) >= 11 is 0. The van der Waals surface area contributed by atoms with Gasteiger partial charge in [-0.25, -0.2) is 4.79 Å². The Morgan fingerprint density at radius 2 is 1.23 bits per heavy atom. The second kappa shape index (κ2) is 23.1. The second-order valence-corrected chi connectivity index (χ2v) is 21.3. The van der Waals surface area contributed by atoms with Crippen molar-refractivity contribution < 1.29 is 57.4 Å². The summed E-state index contributed by atoms with van der Waals surface area (Å²) in [7, 11) is 6.39. The lowest BCUT2D eigenvalue weighted by atomic mass is 9.93. The van der Waals surface area contributed by atoms with Gasteiger partial charge in [-0.05, 0) is 67.2 Å². The highest BCUT2D eigenvalue weighted by Gasteiger charge is 2.55. The Balaban J connectivity index is 0.000000249. The van der Waals surface area contributed by atoms with E-state index in [0.29, 0.717) is 25.9 Å². The summed E-state index contributed by atoms with van der Waals surface area (Å²) < 4.78 is 39.6. The van der Waals surface area contributed by atoms with Gasteiger partial charge in [-0.3, -0.25) is 14.4 Å². The lowest BCUT2D eigenvalue weighted by Crippen LogP contribution is -2.62. The first-order valence-corrected chi connectivity index (χ1v) is 23.4. The van der Waals surface area contributed by atoms with Crippen LogP contribution < -0.4 is 11.1 Å². The number of carbonyl (C=O) groups is 4. The number of methoxy groups -OCH3 is 2. The fourth-order valence-corrected chi connectivity index (χ4v) is 8.68. The molecule has 69 heavy (non-hydrogen) atoms. The van der Waals surface area contributed by atoms with Crippen LogP contribution in [0.15, 0.2) is 72.8 Å². The van der Waals surface area contributed by atoms with Crippen molar-refractivity contribution in [3.8, 4) is 0 Å². The average molecular weight is 965 g/mol. The largest absolute Gasteiger partial charge is 0.454 e. The number of carbonyl (C=O) groups excluding carboxylic acids is 4. The molecule has 10 atom stereocenters. The number of aliphatic hydroxyl groups is 1.